The minimum atomic E-state index is -3.92. The van der Waals surface area contributed by atoms with Crippen molar-refractivity contribution in [2.24, 2.45) is 11.3 Å². The number of fused-ring (bicyclic) bond motifs is 3. The van der Waals surface area contributed by atoms with Gasteiger partial charge in [0, 0.05) is 17.9 Å². The number of nitrogens with one attached hydrogen (secondary N) is 3. The molecule has 1 fully saturated rings. The average molecular weight is 750 g/mol. The molecule has 2 aromatic carbocycles. The number of hydrogen-bond acceptors (Lipinski definition) is 9. The zero-order chi connectivity index (χ0) is 36.7. The van der Waals surface area contributed by atoms with Gasteiger partial charge in [-0.05, 0) is 118 Å². The van der Waals surface area contributed by atoms with Crippen molar-refractivity contribution in [1.82, 2.24) is 5.32 Å². The first kappa shape index (κ1) is 40.7. The monoisotopic (exact) mass is 749 g/mol. The highest BCUT2D eigenvalue weighted by Crippen LogP contribution is 2.70. The molecule has 3 atom stereocenters. The third-order valence-corrected chi connectivity index (χ3v) is 16.6. The number of rotatable bonds is 16. The van der Waals surface area contributed by atoms with Gasteiger partial charge in [-0.1, -0.05) is 58.4 Å². The van der Waals surface area contributed by atoms with Gasteiger partial charge in [0.1, 0.15) is 0 Å². The number of benzene rings is 2. The van der Waals surface area contributed by atoms with Crippen molar-refractivity contribution in [3.05, 3.63) is 59.2 Å². The van der Waals surface area contributed by atoms with Gasteiger partial charge in [-0.2, -0.15) is 0 Å². The lowest BCUT2D eigenvalue weighted by atomic mass is 9.49. The molecule has 1 amide bonds. The summed E-state index contributed by atoms with van der Waals surface area (Å²) in [6.07, 6.45) is 4.77. The fraction of sp³-hybridized carbons (Fsp3) is 0.622. The predicted octanol–water partition coefficient (Wildman–Crippen LogP) is 9.60. The van der Waals surface area contributed by atoms with E-state index in [1.807, 2.05) is 18.2 Å². The first-order valence-corrected chi connectivity index (χ1v) is 21.7. The van der Waals surface area contributed by atoms with Crippen molar-refractivity contribution in [2.75, 3.05) is 43.6 Å². The quantitative estimate of drug-likeness (QED) is 0.113. The van der Waals surface area contributed by atoms with Gasteiger partial charge in [0.2, 0.25) is 5.91 Å². The maximum Gasteiger partial charge on any atom is 0.347 e. The summed E-state index contributed by atoms with van der Waals surface area (Å²) in [6.45, 7) is 16.0. The minimum Gasteiger partial charge on any atom is -0.383 e. The Labute approximate surface area is 304 Å². The standard InChI is InChI=1S/C37H57N3O7P2S/c1-9-44-48(42,45-10-2)33(49(43,46-11-3)47-12-4)25-38-29-15-13-16-30(24-29)39-35(50)40-34(41)37(8)22-14-21-36(7)31-19-17-27(26(5)6)23-28(31)18-20-32(36)37/h13,15-17,19,23-24,26,32-33,38H,9-12,14,18,20-22,25H2,1-8H3,(H2,39,40,41,50)/t32-,36-,37-/m1/s1. The maximum atomic E-state index is 14.1. The molecule has 2 aliphatic rings. The second-order valence-corrected chi connectivity index (χ2v) is 19.2. The van der Waals surface area contributed by atoms with E-state index in [0.717, 1.165) is 32.1 Å². The largest absolute Gasteiger partial charge is 0.383 e. The van der Waals surface area contributed by atoms with E-state index in [2.05, 4.69) is 61.8 Å². The summed E-state index contributed by atoms with van der Waals surface area (Å²) in [6, 6.07) is 14.2. The average Bonchev–Trinajstić information content (AvgIpc) is 3.05. The van der Waals surface area contributed by atoms with E-state index in [1.165, 1.54) is 16.7 Å². The van der Waals surface area contributed by atoms with Gasteiger partial charge < -0.3 is 34.0 Å². The highest BCUT2D eigenvalue weighted by molar-refractivity contribution is 7.80. The first-order valence-electron chi connectivity index (χ1n) is 18.1. The van der Waals surface area contributed by atoms with Crippen LogP contribution in [0.3, 0.4) is 0 Å². The van der Waals surface area contributed by atoms with Crippen LogP contribution in [0.1, 0.15) is 104 Å². The lowest BCUT2D eigenvalue weighted by Crippen LogP contribution is -2.56. The van der Waals surface area contributed by atoms with Crippen LogP contribution in [0.5, 0.6) is 0 Å². The van der Waals surface area contributed by atoms with Crippen LogP contribution in [-0.2, 0) is 43.9 Å². The van der Waals surface area contributed by atoms with Crippen LogP contribution in [0, 0.1) is 11.3 Å². The molecule has 0 radical (unpaired) electrons. The molecular weight excluding hydrogens is 692 g/mol. The van der Waals surface area contributed by atoms with Gasteiger partial charge in [-0.25, -0.2) is 0 Å². The molecular formula is C37H57N3O7P2S. The zero-order valence-corrected chi connectivity index (χ0v) is 33.6. The van der Waals surface area contributed by atoms with Crippen LogP contribution in [0.15, 0.2) is 42.5 Å². The Morgan fingerprint density at radius 3 is 2.08 bits per heavy atom. The smallest absolute Gasteiger partial charge is 0.347 e. The fourth-order valence-electron chi connectivity index (χ4n) is 8.00. The number of carbonyl (C=O) groups is 1. The molecule has 2 aromatic rings. The summed E-state index contributed by atoms with van der Waals surface area (Å²) in [7, 11) is -7.83. The lowest BCUT2D eigenvalue weighted by Gasteiger charge is -2.54. The molecule has 278 valence electrons. The molecule has 1 saturated carbocycles. The van der Waals surface area contributed by atoms with E-state index >= 15 is 0 Å². The summed E-state index contributed by atoms with van der Waals surface area (Å²) in [5.74, 6) is 0.614. The van der Waals surface area contributed by atoms with Gasteiger partial charge >= 0.3 is 15.2 Å². The molecule has 0 bridgehead atoms. The van der Waals surface area contributed by atoms with Crippen LogP contribution in [-0.4, -0.2) is 49.4 Å². The molecule has 0 aromatic heterocycles. The van der Waals surface area contributed by atoms with Gasteiger partial charge in [0.05, 0.1) is 31.8 Å². The molecule has 13 heteroatoms. The predicted molar refractivity (Wildman–Crippen MR) is 206 cm³/mol. The Morgan fingerprint density at radius 1 is 0.900 bits per heavy atom. The van der Waals surface area contributed by atoms with E-state index in [0.29, 0.717) is 17.3 Å². The van der Waals surface area contributed by atoms with E-state index < -0.39 is 26.0 Å². The summed E-state index contributed by atoms with van der Waals surface area (Å²) in [5.41, 5.74) is 4.79. The number of aryl methyl sites for hydroxylation is 1. The Hall–Kier alpha value is -2.10. The number of amides is 1. The van der Waals surface area contributed by atoms with Crippen molar-refractivity contribution in [2.45, 2.75) is 104 Å². The highest BCUT2D eigenvalue weighted by atomic mass is 32.1. The Morgan fingerprint density at radius 2 is 1.50 bits per heavy atom. The second kappa shape index (κ2) is 17.2. The number of thiocarbonyl (C=S) groups is 1. The maximum absolute atomic E-state index is 14.1. The van der Waals surface area contributed by atoms with Gasteiger partial charge in [0.15, 0.2) is 10.5 Å². The third kappa shape index (κ3) is 8.74. The topological polar surface area (TPSA) is 124 Å². The summed E-state index contributed by atoms with van der Waals surface area (Å²) in [5, 5.41) is 8.41. The van der Waals surface area contributed by atoms with Gasteiger partial charge in [0.25, 0.3) is 0 Å². The Balaban J connectivity index is 1.47. The van der Waals surface area contributed by atoms with Crippen molar-refractivity contribution < 1.29 is 32.0 Å². The number of hydrogen-bond donors (Lipinski definition) is 3. The molecule has 2 aliphatic carbocycles. The summed E-state index contributed by atoms with van der Waals surface area (Å²) < 4.78 is 50.2. The highest BCUT2D eigenvalue weighted by Gasteiger charge is 2.55. The number of carbonyl (C=O) groups excluding carboxylic acids is 1. The summed E-state index contributed by atoms with van der Waals surface area (Å²) in [4.78, 5) is 14.1. The molecule has 0 saturated heterocycles. The van der Waals surface area contributed by atoms with E-state index in [1.54, 1.807) is 33.8 Å². The minimum absolute atomic E-state index is 0.0597. The zero-order valence-electron chi connectivity index (χ0n) is 31.0. The Kier molecular flexibility index (Phi) is 14.0. The SMILES string of the molecule is CCOP(=O)(OCC)C(CNc1cccc(NC(=S)NC(=O)[C@]2(C)CCC[C@]3(C)c4ccc(C(C)C)cc4CC[C@@H]23)c1)P(=O)(OCC)OCC. The normalized spacial score (nSPS) is 22.2. The van der Waals surface area contributed by atoms with Crippen molar-refractivity contribution in [3.8, 4) is 0 Å². The van der Waals surface area contributed by atoms with Crippen LogP contribution < -0.4 is 16.0 Å². The summed E-state index contributed by atoms with van der Waals surface area (Å²) >= 11 is 5.67. The molecule has 0 aliphatic heterocycles. The molecule has 10 nitrogen and oxygen atoms in total. The van der Waals surface area contributed by atoms with Gasteiger partial charge in [-0.15, -0.1) is 0 Å². The fourth-order valence-corrected chi connectivity index (χ4v) is 13.3. The van der Waals surface area contributed by atoms with Crippen LogP contribution >= 0.6 is 27.4 Å². The Bertz CT molecular complexity index is 1560. The molecule has 3 N–H and O–H groups in total. The van der Waals surface area contributed by atoms with Crippen molar-refractivity contribution in [3.63, 3.8) is 0 Å². The second-order valence-electron chi connectivity index (χ2n) is 14.0. The van der Waals surface area contributed by atoms with Crippen LogP contribution in [0.4, 0.5) is 11.4 Å². The van der Waals surface area contributed by atoms with Crippen molar-refractivity contribution >= 4 is 49.8 Å². The first-order chi connectivity index (χ1) is 23.7. The van der Waals surface area contributed by atoms with Crippen LogP contribution in [0.2, 0.25) is 0 Å². The molecule has 0 heterocycles. The van der Waals surface area contributed by atoms with Crippen LogP contribution in [0.25, 0.3) is 0 Å². The van der Waals surface area contributed by atoms with Gasteiger partial charge in [-0.3, -0.25) is 13.9 Å². The molecule has 50 heavy (non-hydrogen) atoms. The van der Waals surface area contributed by atoms with Crippen molar-refractivity contribution in [1.29, 1.82) is 0 Å². The molecule has 4 rings (SSSR count). The number of anilines is 2. The molecule has 0 unspecified atom stereocenters. The third-order valence-electron chi connectivity index (χ3n) is 10.4. The lowest BCUT2D eigenvalue weighted by molar-refractivity contribution is -0.137. The van der Waals surface area contributed by atoms with E-state index in [-0.39, 0.29) is 55.3 Å². The van der Waals surface area contributed by atoms with E-state index in [9.17, 15) is 13.9 Å². The van der Waals surface area contributed by atoms with E-state index in [4.69, 9.17) is 30.3 Å². The molecule has 0 spiro atoms.